The van der Waals surface area contributed by atoms with Gasteiger partial charge in [0, 0.05) is 5.56 Å². The van der Waals surface area contributed by atoms with Crippen LogP contribution in [0.3, 0.4) is 0 Å². The average molecular weight is 313 g/mol. The molecule has 2 aromatic carbocycles. The molecule has 0 spiro atoms. The van der Waals surface area contributed by atoms with Crippen LogP contribution in [-0.2, 0) is 0 Å². The van der Waals surface area contributed by atoms with Gasteiger partial charge in [-0.25, -0.2) is 0 Å². The van der Waals surface area contributed by atoms with E-state index in [0.717, 1.165) is 12.2 Å². The molecular formula is C19H23NO3. The monoisotopic (exact) mass is 313 g/mol. The van der Waals surface area contributed by atoms with Gasteiger partial charge in [-0.3, -0.25) is 10.0 Å². The van der Waals surface area contributed by atoms with Crippen molar-refractivity contribution in [2.45, 2.75) is 32.6 Å². The van der Waals surface area contributed by atoms with Crippen LogP contribution >= 0.6 is 0 Å². The predicted molar refractivity (Wildman–Crippen MR) is 91.1 cm³/mol. The van der Waals surface area contributed by atoms with Gasteiger partial charge in [0.1, 0.15) is 5.75 Å². The third-order valence-corrected chi connectivity index (χ3v) is 3.56. The number of carbonyl (C=O) groups excluding carboxylic acids is 1. The fraction of sp³-hybridized carbons (Fsp3) is 0.316. The maximum absolute atomic E-state index is 12.2. The van der Waals surface area contributed by atoms with Gasteiger partial charge < -0.3 is 4.74 Å². The highest BCUT2D eigenvalue weighted by molar-refractivity contribution is 6.04. The van der Waals surface area contributed by atoms with E-state index in [1.54, 1.807) is 48.5 Å². The minimum absolute atomic E-state index is 0.412. The standard InChI is InChI=1S/C19H23NO3/c1-2-3-4-8-15-23-18-13-11-16(12-14-18)19(21)20(22)17-9-6-5-7-10-17/h5-7,9-14,22H,2-4,8,15H2,1H3. The molecule has 0 heterocycles. The first-order valence-electron chi connectivity index (χ1n) is 8.03. The maximum atomic E-state index is 12.2. The summed E-state index contributed by atoms with van der Waals surface area (Å²) < 4.78 is 5.65. The molecule has 0 aromatic heterocycles. The van der Waals surface area contributed by atoms with Gasteiger partial charge in [0.05, 0.1) is 12.3 Å². The van der Waals surface area contributed by atoms with Crippen LogP contribution in [0.2, 0.25) is 0 Å². The molecule has 2 rings (SSSR count). The minimum atomic E-state index is -0.467. The van der Waals surface area contributed by atoms with Crippen LogP contribution < -0.4 is 9.80 Å². The van der Waals surface area contributed by atoms with Crippen molar-refractivity contribution in [1.29, 1.82) is 0 Å². The molecule has 4 nitrogen and oxygen atoms in total. The van der Waals surface area contributed by atoms with Gasteiger partial charge in [-0.2, -0.15) is 5.06 Å². The first kappa shape index (κ1) is 17.0. The zero-order chi connectivity index (χ0) is 16.5. The van der Waals surface area contributed by atoms with Gasteiger partial charge in [0.25, 0.3) is 5.91 Å². The number of amides is 1. The molecule has 23 heavy (non-hydrogen) atoms. The summed E-state index contributed by atoms with van der Waals surface area (Å²) >= 11 is 0. The van der Waals surface area contributed by atoms with Gasteiger partial charge in [0.15, 0.2) is 0 Å². The Balaban J connectivity index is 1.90. The SMILES string of the molecule is CCCCCCOc1ccc(C(=O)N(O)c2ccccc2)cc1. The Morgan fingerprint density at radius 2 is 1.70 bits per heavy atom. The number of carbonyl (C=O) groups is 1. The van der Waals surface area contributed by atoms with Gasteiger partial charge in [-0.05, 0) is 42.8 Å². The number of hydrogen-bond donors (Lipinski definition) is 1. The third kappa shape index (κ3) is 5.11. The van der Waals surface area contributed by atoms with Crippen LogP contribution in [0.15, 0.2) is 54.6 Å². The van der Waals surface area contributed by atoms with E-state index in [4.69, 9.17) is 4.74 Å². The number of ether oxygens (including phenoxy) is 1. The summed E-state index contributed by atoms with van der Waals surface area (Å²) in [6, 6.07) is 15.5. The highest BCUT2D eigenvalue weighted by atomic mass is 16.5. The van der Waals surface area contributed by atoms with Crippen molar-refractivity contribution >= 4 is 11.6 Å². The lowest BCUT2D eigenvalue weighted by atomic mass is 10.2. The second-order valence-electron chi connectivity index (χ2n) is 5.39. The Bertz CT molecular complexity index is 596. The molecular weight excluding hydrogens is 290 g/mol. The lowest BCUT2D eigenvalue weighted by Crippen LogP contribution is -2.26. The van der Waals surface area contributed by atoms with Crippen LogP contribution in [0.4, 0.5) is 5.69 Å². The Morgan fingerprint density at radius 1 is 1.00 bits per heavy atom. The van der Waals surface area contributed by atoms with Crippen molar-refractivity contribution < 1.29 is 14.7 Å². The van der Waals surface area contributed by atoms with E-state index < -0.39 is 5.91 Å². The summed E-state index contributed by atoms with van der Waals surface area (Å²) in [5.41, 5.74) is 0.850. The summed E-state index contributed by atoms with van der Waals surface area (Å²) in [5, 5.41) is 10.6. The van der Waals surface area contributed by atoms with Crippen molar-refractivity contribution in [2.24, 2.45) is 0 Å². The van der Waals surface area contributed by atoms with Gasteiger partial charge >= 0.3 is 0 Å². The first-order chi connectivity index (χ1) is 11.2. The number of benzene rings is 2. The maximum Gasteiger partial charge on any atom is 0.281 e. The fourth-order valence-electron chi connectivity index (χ4n) is 2.22. The zero-order valence-corrected chi connectivity index (χ0v) is 13.4. The predicted octanol–water partition coefficient (Wildman–Crippen LogP) is 4.68. The van der Waals surface area contributed by atoms with E-state index in [-0.39, 0.29) is 0 Å². The molecule has 0 saturated carbocycles. The molecule has 0 radical (unpaired) electrons. The van der Waals surface area contributed by atoms with E-state index in [2.05, 4.69) is 6.92 Å². The number of nitrogens with zero attached hydrogens (tertiary/aromatic N) is 1. The number of rotatable bonds is 8. The summed E-state index contributed by atoms with van der Waals surface area (Å²) in [6.07, 6.45) is 4.63. The van der Waals surface area contributed by atoms with E-state index in [1.165, 1.54) is 19.3 Å². The number of hydroxylamine groups is 1. The molecule has 0 aliphatic carbocycles. The van der Waals surface area contributed by atoms with Crippen molar-refractivity contribution in [1.82, 2.24) is 0 Å². The molecule has 0 unspecified atom stereocenters. The molecule has 122 valence electrons. The molecule has 0 aliphatic heterocycles. The normalized spacial score (nSPS) is 10.3. The van der Waals surface area contributed by atoms with E-state index >= 15 is 0 Å². The first-order valence-corrected chi connectivity index (χ1v) is 8.03. The number of hydrogen-bond acceptors (Lipinski definition) is 3. The molecule has 2 aromatic rings. The Labute approximate surface area is 137 Å². The highest BCUT2D eigenvalue weighted by Gasteiger charge is 2.15. The molecule has 0 bridgehead atoms. The summed E-state index contributed by atoms with van der Waals surface area (Å²) in [5.74, 6) is 0.271. The topological polar surface area (TPSA) is 49.8 Å². The van der Waals surface area contributed by atoms with Crippen LogP contribution in [0.1, 0.15) is 43.0 Å². The molecule has 1 N–H and O–H groups in total. The molecule has 0 atom stereocenters. The van der Waals surface area contributed by atoms with Crippen molar-refractivity contribution in [3.05, 3.63) is 60.2 Å². The Morgan fingerprint density at radius 3 is 2.35 bits per heavy atom. The number of para-hydroxylation sites is 1. The number of anilines is 1. The summed E-state index contributed by atoms with van der Waals surface area (Å²) in [4.78, 5) is 12.2. The van der Waals surface area contributed by atoms with Gasteiger partial charge in [0.2, 0.25) is 0 Å². The van der Waals surface area contributed by atoms with Crippen LogP contribution in [0.25, 0.3) is 0 Å². The second-order valence-corrected chi connectivity index (χ2v) is 5.39. The van der Waals surface area contributed by atoms with Gasteiger partial charge in [-0.1, -0.05) is 44.4 Å². The summed E-state index contributed by atoms with van der Waals surface area (Å²) in [7, 11) is 0. The van der Waals surface area contributed by atoms with Crippen molar-refractivity contribution in [3.63, 3.8) is 0 Å². The lowest BCUT2D eigenvalue weighted by Gasteiger charge is -2.15. The smallest absolute Gasteiger partial charge is 0.281 e. The van der Waals surface area contributed by atoms with E-state index in [0.29, 0.717) is 22.9 Å². The van der Waals surface area contributed by atoms with E-state index in [9.17, 15) is 10.0 Å². The van der Waals surface area contributed by atoms with Crippen LogP contribution in [0, 0.1) is 0 Å². The van der Waals surface area contributed by atoms with Crippen molar-refractivity contribution in [2.75, 3.05) is 11.7 Å². The average Bonchev–Trinajstić information content (AvgIpc) is 2.61. The van der Waals surface area contributed by atoms with Crippen LogP contribution in [0.5, 0.6) is 5.75 Å². The van der Waals surface area contributed by atoms with Crippen molar-refractivity contribution in [3.8, 4) is 5.75 Å². The molecule has 4 heteroatoms. The van der Waals surface area contributed by atoms with E-state index in [1.807, 2.05) is 6.07 Å². The number of unbranched alkanes of at least 4 members (excludes halogenated alkanes) is 3. The highest BCUT2D eigenvalue weighted by Crippen LogP contribution is 2.17. The fourth-order valence-corrected chi connectivity index (χ4v) is 2.22. The molecule has 0 saturated heterocycles. The Hall–Kier alpha value is -2.33. The second kappa shape index (κ2) is 8.96. The molecule has 1 amide bonds. The largest absolute Gasteiger partial charge is 0.494 e. The lowest BCUT2D eigenvalue weighted by molar-refractivity contribution is 0.0854. The molecule has 0 fully saturated rings. The Kier molecular flexibility index (Phi) is 6.63. The minimum Gasteiger partial charge on any atom is -0.494 e. The zero-order valence-electron chi connectivity index (χ0n) is 13.4. The van der Waals surface area contributed by atoms with Gasteiger partial charge in [-0.15, -0.1) is 0 Å². The quantitative estimate of drug-likeness (QED) is 0.437. The molecule has 0 aliphatic rings. The van der Waals surface area contributed by atoms with Crippen LogP contribution in [-0.4, -0.2) is 17.7 Å². The third-order valence-electron chi connectivity index (χ3n) is 3.56. The summed E-state index contributed by atoms with van der Waals surface area (Å²) in [6.45, 7) is 2.86.